The molecule has 2 heterocycles. The Hall–Kier alpha value is -2.53. The first-order valence-electron chi connectivity index (χ1n) is 8.55. The Kier molecular flexibility index (Phi) is 3.88. The second-order valence-electron chi connectivity index (χ2n) is 6.68. The fraction of sp³-hybridized carbons (Fsp3) is 0.350. The van der Waals surface area contributed by atoms with E-state index in [1.165, 1.54) is 0 Å². The quantitative estimate of drug-likeness (QED) is 0.866. The van der Waals surface area contributed by atoms with Crippen LogP contribution in [0.25, 0.3) is 11.1 Å². The van der Waals surface area contributed by atoms with Gasteiger partial charge < -0.3 is 19.5 Å². The number of fused-ring (bicyclic) bond motifs is 1. The fourth-order valence-corrected chi connectivity index (χ4v) is 3.50. The molecule has 0 aliphatic carbocycles. The van der Waals surface area contributed by atoms with Crippen LogP contribution in [0.2, 0.25) is 0 Å². The average Bonchev–Trinajstić information content (AvgIpc) is 2.62. The highest BCUT2D eigenvalue weighted by molar-refractivity contribution is 5.73. The van der Waals surface area contributed by atoms with Crippen LogP contribution in [0.4, 0.5) is 0 Å². The Morgan fingerprint density at radius 1 is 1.12 bits per heavy atom. The summed E-state index contributed by atoms with van der Waals surface area (Å²) in [6, 6.07) is 13.2. The van der Waals surface area contributed by atoms with Crippen molar-refractivity contribution in [2.45, 2.75) is 32.2 Å². The number of carbonyl (C=O) groups excluding carboxylic acids is 1. The zero-order valence-corrected chi connectivity index (χ0v) is 14.2. The molecule has 25 heavy (non-hydrogen) atoms. The number of aromatic hydroxyl groups is 1. The van der Waals surface area contributed by atoms with Gasteiger partial charge in [0.25, 0.3) is 0 Å². The van der Waals surface area contributed by atoms with E-state index in [1.54, 1.807) is 19.1 Å². The molecule has 1 saturated heterocycles. The van der Waals surface area contributed by atoms with E-state index in [4.69, 9.17) is 9.47 Å². The first kappa shape index (κ1) is 16.0. The minimum Gasteiger partial charge on any atom is -0.508 e. The monoisotopic (exact) mass is 339 g/mol. The molecular formula is C20H21NO4. The van der Waals surface area contributed by atoms with E-state index >= 15 is 0 Å². The number of amides is 1. The lowest BCUT2D eigenvalue weighted by atomic mass is 9.99. The van der Waals surface area contributed by atoms with E-state index in [1.807, 2.05) is 35.2 Å². The minimum atomic E-state index is -0.620. The van der Waals surface area contributed by atoms with E-state index < -0.39 is 5.79 Å². The summed E-state index contributed by atoms with van der Waals surface area (Å²) in [6.45, 7) is 3.40. The maximum atomic E-state index is 11.5. The predicted octanol–water partition coefficient (Wildman–Crippen LogP) is 3.31. The van der Waals surface area contributed by atoms with Gasteiger partial charge in [0, 0.05) is 38.4 Å². The third-order valence-corrected chi connectivity index (χ3v) is 5.00. The van der Waals surface area contributed by atoms with E-state index in [0.717, 1.165) is 22.4 Å². The van der Waals surface area contributed by atoms with Crippen LogP contribution < -0.4 is 4.74 Å². The summed E-state index contributed by atoms with van der Waals surface area (Å²) in [5.41, 5.74) is 2.97. The van der Waals surface area contributed by atoms with Crippen LogP contribution in [0.1, 0.15) is 25.3 Å². The Morgan fingerprint density at radius 3 is 2.60 bits per heavy atom. The summed E-state index contributed by atoms with van der Waals surface area (Å²) in [6.07, 6.45) is 1.36. The molecule has 2 aliphatic heterocycles. The van der Waals surface area contributed by atoms with Crippen molar-refractivity contribution in [3.8, 4) is 22.6 Å². The smallest absolute Gasteiger partial charge is 0.219 e. The maximum Gasteiger partial charge on any atom is 0.219 e. The Labute approximate surface area is 146 Å². The van der Waals surface area contributed by atoms with Gasteiger partial charge in [-0.05, 0) is 35.4 Å². The normalized spacial score (nSPS) is 18.5. The van der Waals surface area contributed by atoms with Crippen molar-refractivity contribution in [1.29, 1.82) is 0 Å². The number of nitrogens with zero attached hydrogens (tertiary/aromatic N) is 1. The minimum absolute atomic E-state index is 0.0989. The number of carbonyl (C=O) groups is 1. The molecule has 1 spiro atoms. The standard InChI is InChI=1S/C20H21NO4/c1-14(22)21-9-7-20(8-10-21)24-13-17-11-16(5-6-19(17)25-20)15-3-2-4-18(23)12-15/h2-6,11-12,23H,7-10,13H2,1H3. The molecular weight excluding hydrogens is 318 g/mol. The molecule has 4 rings (SSSR count). The first-order chi connectivity index (χ1) is 12.0. The first-order valence-corrected chi connectivity index (χ1v) is 8.55. The van der Waals surface area contributed by atoms with Gasteiger partial charge in [-0.2, -0.15) is 0 Å². The third-order valence-electron chi connectivity index (χ3n) is 5.00. The Bertz CT molecular complexity index is 809. The van der Waals surface area contributed by atoms with Crippen LogP contribution in [0, 0.1) is 0 Å². The number of hydrogen-bond donors (Lipinski definition) is 1. The van der Waals surface area contributed by atoms with Gasteiger partial charge in [-0.1, -0.05) is 18.2 Å². The van der Waals surface area contributed by atoms with Crippen molar-refractivity contribution in [1.82, 2.24) is 4.90 Å². The number of benzene rings is 2. The lowest BCUT2D eigenvalue weighted by molar-refractivity contribution is -0.227. The molecule has 2 aliphatic rings. The van der Waals surface area contributed by atoms with Gasteiger partial charge in [0.2, 0.25) is 11.7 Å². The number of rotatable bonds is 1. The maximum absolute atomic E-state index is 11.5. The third kappa shape index (κ3) is 3.07. The molecule has 2 aromatic carbocycles. The second kappa shape index (κ2) is 6.08. The molecule has 1 fully saturated rings. The van der Waals surface area contributed by atoms with Crippen molar-refractivity contribution < 1.29 is 19.4 Å². The van der Waals surface area contributed by atoms with Gasteiger partial charge in [0.1, 0.15) is 11.5 Å². The van der Waals surface area contributed by atoms with Gasteiger partial charge in [-0.3, -0.25) is 4.79 Å². The van der Waals surface area contributed by atoms with Gasteiger partial charge in [-0.15, -0.1) is 0 Å². The molecule has 0 radical (unpaired) electrons. The van der Waals surface area contributed by atoms with Crippen molar-refractivity contribution >= 4 is 5.91 Å². The highest BCUT2D eigenvalue weighted by Crippen LogP contribution is 2.39. The van der Waals surface area contributed by atoms with E-state index in [2.05, 4.69) is 0 Å². The SMILES string of the molecule is CC(=O)N1CCC2(CC1)OCc1cc(-c3cccc(O)c3)ccc1O2. The molecule has 130 valence electrons. The van der Waals surface area contributed by atoms with Crippen molar-refractivity contribution in [3.05, 3.63) is 48.0 Å². The van der Waals surface area contributed by atoms with Gasteiger partial charge in [0.15, 0.2) is 0 Å². The van der Waals surface area contributed by atoms with Crippen LogP contribution in [-0.4, -0.2) is 34.8 Å². The molecule has 0 atom stereocenters. The van der Waals surface area contributed by atoms with Crippen molar-refractivity contribution in [2.24, 2.45) is 0 Å². The topological polar surface area (TPSA) is 59.0 Å². The number of likely N-dealkylation sites (tertiary alicyclic amines) is 1. The Morgan fingerprint density at radius 2 is 1.88 bits per heavy atom. The van der Waals surface area contributed by atoms with Crippen LogP contribution in [0.3, 0.4) is 0 Å². The number of phenols is 1. The lowest BCUT2D eigenvalue weighted by Gasteiger charge is -2.43. The molecule has 1 amide bonds. The van der Waals surface area contributed by atoms with Crippen LogP contribution >= 0.6 is 0 Å². The average molecular weight is 339 g/mol. The zero-order chi connectivity index (χ0) is 17.4. The van der Waals surface area contributed by atoms with Gasteiger partial charge in [-0.25, -0.2) is 0 Å². The lowest BCUT2D eigenvalue weighted by Crippen LogP contribution is -2.52. The highest BCUT2D eigenvalue weighted by atomic mass is 16.7. The van der Waals surface area contributed by atoms with Crippen LogP contribution in [-0.2, 0) is 16.1 Å². The van der Waals surface area contributed by atoms with Crippen molar-refractivity contribution in [2.75, 3.05) is 13.1 Å². The number of phenolic OH excluding ortho intramolecular Hbond substituents is 1. The molecule has 1 N–H and O–H groups in total. The summed E-state index contributed by atoms with van der Waals surface area (Å²) >= 11 is 0. The van der Waals surface area contributed by atoms with E-state index in [9.17, 15) is 9.90 Å². The van der Waals surface area contributed by atoms with Crippen LogP contribution in [0.15, 0.2) is 42.5 Å². The largest absolute Gasteiger partial charge is 0.508 e. The number of piperidine rings is 1. The summed E-state index contributed by atoms with van der Waals surface area (Å²) in [5.74, 6) is 0.568. The molecule has 5 nitrogen and oxygen atoms in total. The Balaban J connectivity index is 1.54. The number of hydrogen-bond acceptors (Lipinski definition) is 4. The number of ether oxygens (including phenoxy) is 2. The molecule has 5 heteroatoms. The van der Waals surface area contributed by atoms with Gasteiger partial charge >= 0.3 is 0 Å². The molecule has 0 saturated carbocycles. The molecule has 2 aromatic rings. The highest BCUT2D eigenvalue weighted by Gasteiger charge is 2.41. The second-order valence-corrected chi connectivity index (χ2v) is 6.68. The zero-order valence-electron chi connectivity index (χ0n) is 14.2. The fourth-order valence-electron chi connectivity index (χ4n) is 3.50. The summed E-state index contributed by atoms with van der Waals surface area (Å²) in [7, 11) is 0. The predicted molar refractivity (Wildman–Crippen MR) is 93.2 cm³/mol. The molecule has 0 aromatic heterocycles. The van der Waals surface area contributed by atoms with Crippen LogP contribution in [0.5, 0.6) is 11.5 Å². The summed E-state index contributed by atoms with van der Waals surface area (Å²) < 4.78 is 12.3. The van der Waals surface area contributed by atoms with Crippen molar-refractivity contribution in [3.63, 3.8) is 0 Å². The van der Waals surface area contributed by atoms with E-state index in [0.29, 0.717) is 32.5 Å². The molecule has 0 bridgehead atoms. The van der Waals surface area contributed by atoms with Gasteiger partial charge in [0.05, 0.1) is 6.61 Å². The molecule has 0 unspecified atom stereocenters. The summed E-state index contributed by atoms with van der Waals surface area (Å²) in [5, 5.41) is 9.66. The summed E-state index contributed by atoms with van der Waals surface area (Å²) in [4.78, 5) is 13.3. The van der Waals surface area contributed by atoms with E-state index in [-0.39, 0.29) is 11.7 Å².